The molecule has 17 heavy (non-hydrogen) atoms. The summed E-state index contributed by atoms with van der Waals surface area (Å²) in [5, 5.41) is 8.56. The average molecular weight is 265 g/mol. The van der Waals surface area contributed by atoms with Crippen molar-refractivity contribution in [2.24, 2.45) is 0 Å². The van der Waals surface area contributed by atoms with Crippen molar-refractivity contribution in [1.29, 1.82) is 0 Å². The molecule has 0 radical (unpaired) electrons. The summed E-state index contributed by atoms with van der Waals surface area (Å²) in [4.78, 5) is 0. The predicted octanol–water partition coefficient (Wildman–Crippen LogP) is 2.04. The number of sulfonamides is 1. The Bertz CT molecular complexity index is 252. The standard InChI is InChI=1S/C12H27NO3S/c1-2-3-4-5-6-7-10-13-17(15,16)12-9-8-11-14/h13-14H,2-12H2,1H3. The fraction of sp³-hybridized carbons (Fsp3) is 1.00. The van der Waals surface area contributed by atoms with Crippen LogP contribution in [0.2, 0.25) is 0 Å². The number of hydrogen-bond donors (Lipinski definition) is 2. The van der Waals surface area contributed by atoms with E-state index in [2.05, 4.69) is 11.6 Å². The SMILES string of the molecule is CCCCCCCCNS(=O)(=O)CCCCO. The van der Waals surface area contributed by atoms with Crippen molar-refractivity contribution in [1.82, 2.24) is 4.72 Å². The summed E-state index contributed by atoms with van der Waals surface area (Å²) in [7, 11) is -3.11. The smallest absolute Gasteiger partial charge is 0.211 e. The second-order valence-corrected chi connectivity index (χ2v) is 6.34. The Balaban J connectivity index is 3.39. The fourth-order valence-electron chi connectivity index (χ4n) is 1.61. The Morgan fingerprint density at radius 1 is 0.941 bits per heavy atom. The lowest BCUT2D eigenvalue weighted by atomic mass is 10.1. The highest BCUT2D eigenvalue weighted by atomic mass is 32.2. The molecule has 0 fully saturated rings. The summed E-state index contributed by atoms with van der Waals surface area (Å²) >= 11 is 0. The maximum Gasteiger partial charge on any atom is 0.211 e. The van der Waals surface area contributed by atoms with E-state index in [1.165, 1.54) is 25.7 Å². The normalized spacial score (nSPS) is 11.9. The van der Waals surface area contributed by atoms with Crippen molar-refractivity contribution in [3.63, 3.8) is 0 Å². The van der Waals surface area contributed by atoms with Gasteiger partial charge in [-0.3, -0.25) is 0 Å². The molecule has 0 aliphatic heterocycles. The predicted molar refractivity (Wildman–Crippen MR) is 71.5 cm³/mol. The molecule has 0 spiro atoms. The molecule has 0 amide bonds. The number of aliphatic hydroxyl groups is 1. The summed E-state index contributed by atoms with van der Waals surface area (Å²) < 4.78 is 25.5. The zero-order chi connectivity index (χ0) is 13.0. The lowest BCUT2D eigenvalue weighted by molar-refractivity contribution is 0.287. The van der Waals surface area contributed by atoms with Crippen molar-refractivity contribution in [3.05, 3.63) is 0 Å². The third kappa shape index (κ3) is 12.1. The lowest BCUT2D eigenvalue weighted by Gasteiger charge is -2.06. The first-order chi connectivity index (χ1) is 8.12. The van der Waals surface area contributed by atoms with E-state index in [1.807, 2.05) is 0 Å². The molecule has 0 rings (SSSR count). The molecule has 0 aliphatic rings. The van der Waals surface area contributed by atoms with E-state index in [1.54, 1.807) is 0 Å². The molecule has 0 aromatic carbocycles. The van der Waals surface area contributed by atoms with Crippen LogP contribution in [-0.2, 0) is 10.0 Å². The van der Waals surface area contributed by atoms with Gasteiger partial charge in [0.1, 0.15) is 0 Å². The van der Waals surface area contributed by atoms with Crippen LogP contribution in [0, 0.1) is 0 Å². The fourth-order valence-corrected chi connectivity index (χ4v) is 2.79. The van der Waals surface area contributed by atoms with Gasteiger partial charge in [-0.05, 0) is 19.3 Å². The van der Waals surface area contributed by atoms with Gasteiger partial charge in [0.15, 0.2) is 0 Å². The molecule has 0 aromatic rings. The molecule has 0 bridgehead atoms. The highest BCUT2D eigenvalue weighted by molar-refractivity contribution is 7.89. The Labute approximate surface area is 106 Å². The Morgan fingerprint density at radius 2 is 1.59 bits per heavy atom. The molecule has 0 aliphatic carbocycles. The first kappa shape index (κ1) is 16.9. The molecule has 5 heteroatoms. The topological polar surface area (TPSA) is 66.4 Å². The minimum atomic E-state index is -3.11. The quantitative estimate of drug-likeness (QED) is 0.531. The Morgan fingerprint density at radius 3 is 2.24 bits per heavy atom. The van der Waals surface area contributed by atoms with E-state index >= 15 is 0 Å². The van der Waals surface area contributed by atoms with Gasteiger partial charge in [-0.25, -0.2) is 13.1 Å². The van der Waals surface area contributed by atoms with Crippen molar-refractivity contribution >= 4 is 10.0 Å². The minimum absolute atomic E-state index is 0.0624. The first-order valence-electron chi connectivity index (χ1n) is 6.70. The summed E-state index contributed by atoms with van der Waals surface area (Å²) in [6.07, 6.45) is 8.05. The minimum Gasteiger partial charge on any atom is -0.396 e. The summed E-state index contributed by atoms with van der Waals surface area (Å²) in [5.74, 6) is 0.128. The number of aliphatic hydroxyl groups excluding tert-OH is 1. The molecule has 0 saturated heterocycles. The maximum absolute atomic E-state index is 11.4. The van der Waals surface area contributed by atoms with Gasteiger partial charge in [0.25, 0.3) is 0 Å². The van der Waals surface area contributed by atoms with Crippen LogP contribution in [0.15, 0.2) is 0 Å². The molecule has 4 nitrogen and oxygen atoms in total. The zero-order valence-corrected chi connectivity index (χ0v) is 11.8. The van der Waals surface area contributed by atoms with Gasteiger partial charge >= 0.3 is 0 Å². The van der Waals surface area contributed by atoms with Gasteiger partial charge < -0.3 is 5.11 Å². The molecule has 104 valence electrons. The second-order valence-electron chi connectivity index (χ2n) is 4.41. The monoisotopic (exact) mass is 265 g/mol. The lowest BCUT2D eigenvalue weighted by Crippen LogP contribution is -2.27. The van der Waals surface area contributed by atoms with Gasteiger partial charge in [0.05, 0.1) is 5.75 Å². The zero-order valence-electron chi connectivity index (χ0n) is 11.0. The summed E-state index contributed by atoms with van der Waals surface area (Å²) in [6, 6.07) is 0. The van der Waals surface area contributed by atoms with Crippen LogP contribution in [0.4, 0.5) is 0 Å². The molecule has 2 N–H and O–H groups in total. The van der Waals surface area contributed by atoms with Crippen molar-refractivity contribution in [2.75, 3.05) is 18.9 Å². The molecular formula is C12H27NO3S. The molecule has 0 saturated carbocycles. The van der Waals surface area contributed by atoms with Gasteiger partial charge in [-0.2, -0.15) is 0 Å². The van der Waals surface area contributed by atoms with Crippen molar-refractivity contribution in [2.45, 2.75) is 58.3 Å². The molecule has 0 atom stereocenters. The molecule has 0 heterocycles. The highest BCUT2D eigenvalue weighted by Gasteiger charge is 2.07. The molecular weight excluding hydrogens is 238 g/mol. The third-order valence-electron chi connectivity index (χ3n) is 2.67. The van der Waals surface area contributed by atoms with Crippen LogP contribution in [-0.4, -0.2) is 32.4 Å². The van der Waals surface area contributed by atoms with Crippen LogP contribution < -0.4 is 4.72 Å². The van der Waals surface area contributed by atoms with Crippen LogP contribution in [0.3, 0.4) is 0 Å². The Hall–Kier alpha value is -0.130. The van der Waals surface area contributed by atoms with E-state index in [0.717, 1.165) is 12.8 Å². The number of rotatable bonds is 12. The highest BCUT2D eigenvalue weighted by Crippen LogP contribution is 2.04. The number of hydrogen-bond acceptors (Lipinski definition) is 3. The third-order valence-corrected chi connectivity index (χ3v) is 4.14. The van der Waals surface area contributed by atoms with Crippen molar-refractivity contribution < 1.29 is 13.5 Å². The maximum atomic E-state index is 11.4. The van der Waals surface area contributed by atoms with Crippen LogP contribution >= 0.6 is 0 Å². The largest absolute Gasteiger partial charge is 0.396 e. The van der Waals surface area contributed by atoms with Gasteiger partial charge in [-0.1, -0.05) is 39.0 Å². The molecule has 0 unspecified atom stereocenters. The van der Waals surface area contributed by atoms with Gasteiger partial charge in [-0.15, -0.1) is 0 Å². The summed E-state index contributed by atoms with van der Waals surface area (Å²) in [6.45, 7) is 2.79. The van der Waals surface area contributed by atoms with E-state index in [9.17, 15) is 8.42 Å². The second kappa shape index (κ2) is 11.0. The summed E-state index contributed by atoms with van der Waals surface area (Å²) in [5.41, 5.74) is 0. The van der Waals surface area contributed by atoms with Gasteiger partial charge in [0.2, 0.25) is 10.0 Å². The van der Waals surface area contributed by atoms with Crippen molar-refractivity contribution in [3.8, 4) is 0 Å². The van der Waals surface area contributed by atoms with E-state index < -0.39 is 10.0 Å². The average Bonchev–Trinajstić information content (AvgIpc) is 2.28. The number of nitrogens with one attached hydrogen (secondary N) is 1. The van der Waals surface area contributed by atoms with Gasteiger partial charge in [0, 0.05) is 13.2 Å². The Kier molecular flexibility index (Phi) is 10.9. The van der Waals surface area contributed by atoms with Crippen LogP contribution in [0.1, 0.15) is 58.3 Å². The van der Waals surface area contributed by atoms with E-state index in [4.69, 9.17) is 5.11 Å². The van der Waals surface area contributed by atoms with Crippen LogP contribution in [0.5, 0.6) is 0 Å². The van der Waals surface area contributed by atoms with E-state index in [-0.39, 0.29) is 12.4 Å². The molecule has 0 aromatic heterocycles. The first-order valence-corrected chi connectivity index (χ1v) is 8.36. The van der Waals surface area contributed by atoms with Crippen LogP contribution in [0.25, 0.3) is 0 Å². The number of unbranched alkanes of at least 4 members (excludes halogenated alkanes) is 6. The van der Waals surface area contributed by atoms with E-state index in [0.29, 0.717) is 19.4 Å².